The number of hydrogen-bond donors (Lipinski definition) is 1. The van der Waals surface area contributed by atoms with Crippen molar-refractivity contribution in [1.29, 1.82) is 0 Å². The molecule has 0 saturated carbocycles. The number of benzene rings is 1. The summed E-state index contributed by atoms with van der Waals surface area (Å²) in [5.41, 5.74) is 7.34. The molecule has 0 spiro atoms. The second kappa shape index (κ2) is 6.98. The first kappa shape index (κ1) is 15.9. The Balaban J connectivity index is 2.07. The summed E-state index contributed by atoms with van der Waals surface area (Å²) in [6, 6.07) is 3.09. The number of halogens is 1. The zero-order valence-corrected chi connectivity index (χ0v) is 13.2. The van der Waals surface area contributed by atoms with Gasteiger partial charge in [-0.3, -0.25) is 4.90 Å². The number of hydrogen-bond acceptors (Lipinski definition) is 4. The first-order valence-corrected chi connectivity index (χ1v) is 7.70. The maximum atomic E-state index is 13.8. The molecule has 1 fully saturated rings. The van der Waals surface area contributed by atoms with Crippen molar-refractivity contribution in [2.45, 2.75) is 20.8 Å². The standard InChI is InChI=1S/C16H26FN3O/c1-4-21-16-10-15(14(18)9-13(16)17)20-7-5-19(6-8-20)11-12(2)3/h9-10,12H,4-8,11,18H2,1-3H3. The van der Waals surface area contributed by atoms with Gasteiger partial charge in [0.05, 0.1) is 18.0 Å². The van der Waals surface area contributed by atoms with Gasteiger partial charge in [0.1, 0.15) is 0 Å². The molecule has 0 atom stereocenters. The van der Waals surface area contributed by atoms with Crippen molar-refractivity contribution >= 4 is 11.4 Å². The maximum absolute atomic E-state index is 13.8. The van der Waals surface area contributed by atoms with Gasteiger partial charge in [-0.25, -0.2) is 4.39 Å². The van der Waals surface area contributed by atoms with Gasteiger partial charge >= 0.3 is 0 Å². The minimum Gasteiger partial charge on any atom is -0.491 e. The average molecular weight is 295 g/mol. The molecular formula is C16H26FN3O. The Bertz CT molecular complexity index is 471. The maximum Gasteiger partial charge on any atom is 0.167 e. The van der Waals surface area contributed by atoms with Crippen LogP contribution in [0.25, 0.3) is 0 Å². The van der Waals surface area contributed by atoms with Crippen LogP contribution in [0.2, 0.25) is 0 Å². The lowest BCUT2D eigenvalue weighted by Crippen LogP contribution is -2.47. The Labute approximate surface area is 126 Å². The van der Waals surface area contributed by atoms with E-state index in [2.05, 4.69) is 23.6 Å². The molecule has 2 N–H and O–H groups in total. The van der Waals surface area contributed by atoms with Crippen LogP contribution >= 0.6 is 0 Å². The summed E-state index contributed by atoms with van der Waals surface area (Å²) in [5.74, 6) is 0.569. The van der Waals surface area contributed by atoms with Gasteiger partial charge in [-0.1, -0.05) is 13.8 Å². The van der Waals surface area contributed by atoms with Crippen molar-refractivity contribution in [3.63, 3.8) is 0 Å². The molecule has 0 aromatic heterocycles. The molecule has 0 bridgehead atoms. The molecule has 0 unspecified atom stereocenters. The predicted molar refractivity (Wildman–Crippen MR) is 85.5 cm³/mol. The number of piperazine rings is 1. The van der Waals surface area contributed by atoms with Crippen LogP contribution in [0.5, 0.6) is 5.75 Å². The van der Waals surface area contributed by atoms with Crippen molar-refractivity contribution in [3.8, 4) is 5.75 Å². The Kier molecular flexibility index (Phi) is 5.28. The highest BCUT2D eigenvalue weighted by molar-refractivity contribution is 5.70. The highest BCUT2D eigenvalue weighted by Gasteiger charge is 2.20. The Hall–Kier alpha value is -1.49. The second-order valence-corrected chi connectivity index (χ2v) is 5.96. The van der Waals surface area contributed by atoms with Crippen LogP contribution in [0.1, 0.15) is 20.8 Å². The van der Waals surface area contributed by atoms with Crippen LogP contribution in [0, 0.1) is 11.7 Å². The zero-order chi connectivity index (χ0) is 15.4. The quantitative estimate of drug-likeness (QED) is 0.848. The van der Waals surface area contributed by atoms with Gasteiger partial charge in [-0.05, 0) is 12.8 Å². The fraction of sp³-hybridized carbons (Fsp3) is 0.625. The number of nitrogens with two attached hydrogens (primary N) is 1. The number of nitrogen functional groups attached to an aromatic ring is 1. The molecule has 0 amide bonds. The third-order valence-corrected chi connectivity index (χ3v) is 3.72. The summed E-state index contributed by atoms with van der Waals surface area (Å²) >= 11 is 0. The molecule has 4 nitrogen and oxygen atoms in total. The largest absolute Gasteiger partial charge is 0.491 e. The fourth-order valence-corrected chi connectivity index (χ4v) is 2.79. The Morgan fingerprint density at radius 3 is 2.48 bits per heavy atom. The molecule has 1 heterocycles. The van der Waals surface area contributed by atoms with E-state index in [1.807, 2.05) is 6.92 Å². The van der Waals surface area contributed by atoms with Gasteiger partial charge in [0.15, 0.2) is 11.6 Å². The van der Waals surface area contributed by atoms with E-state index in [1.54, 1.807) is 6.07 Å². The van der Waals surface area contributed by atoms with Crippen LogP contribution in [-0.2, 0) is 0 Å². The Morgan fingerprint density at radius 1 is 1.24 bits per heavy atom. The topological polar surface area (TPSA) is 41.7 Å². The average Bonchev–Trinajstić information content (AvgIpc) is 2.42. The van der Waals surface area contributed by atoms with Gasteiger partial charge in [0.2, 0.25) is 0 Å². The van der Waals surface area contributed by atoms with Gasteiger partial charge in [0.25, 0.3) is 0 Å². The first-order chi connectivity index (χ1) is 10.0. The molecule has 1 aliphatic rings. The molecule has 5 heteroatoms. The van der Waals surface area contributed by atoms with Crippen molar-refractivity contribution in [2.75, 3.05) is 50.0 Å². The third-order valence-electron chi connectivity index (χ3n) is 3.72. The predicted octanol–water partition coefficient (Wildman–Crippen LogP) is 2.58. The van der Waals surface area contributed by atoms with Crippen LogP contribution < -0.4 is 15.4 Å². The number of ether oxygens (including phenoxy) is 1. The van der Waals surface area contributed by atoms with E-state index in [1.165, 1.54) is 6.07 Å². The van der Waals surface area contributed by atoms with Crippen molar-refractivity contribution in [2.24, 2.45) is 5.92 Å². The fourth-order valence-electron chi connectivity index (χ4n) is 2.79. The minimum atomic E-state index is -0.392. The zero-order valence-electron chi connectivity index (χ0n) is 13.2. The number of rotatable bonds is 5. The van der Waals surface area contributed by atoms with Crippen molar-refractivity contribution in [3.05, 3.63) is 17.9 Å². The van der Waals surface area contributed by atoms with E-state index in [0.717, 1.165) is 38.4 Å². The molecule has 2 rings (SSSR count). The van der Waals surface area contributed by atoms with Crippen LogP contribution in [0.15, 0.2) is 12.1 Å². The monoisotopic (exact) mass is 295 g/mol. The third kappa shape index (κ3) is 4.00. The number of nitrogens with zero attached hydrogens (tertiary/aromatic N) is 2. The Morgan fingerprint density at radius 2 is 1.90 bits per heavy atom. The lowest BCUT2D eigenvalue weighted by Gasteiger charge is -2.37. The molecule has 1 aromatic carbocycles. The van der Waals surface area contributed by atoms with E-state index in [0.29, 0.717) is 18.2 Å². The highest BCUT2D eigenvalue weighted by atomic mass is 19.1. The summed E-state index contributed by atoms with van der Waals surface area (Å²) in [6.45, 7) is 11.7. The van der Waals surface area contributed by atoms with Gasteiger partial charge in [-0.15, -0.1) is 0 Å². The summed E-state index contributed by atoms with van der Waals surface area (Å²) in [7, 11) is 0. The van der Waals surface area contributed by atoms with E-state index < -0.39 is 5.82 Å². The lowest BCUT2D eigenvalue weighted by atomic mass is 10.1. The molecule has 118 valence electrons. The van der Waals surface area contributed by atoms with Gasteiger partial charge in [-0.2, -0.15) is 0 Å². The normalized spacial score (nSPS) is 16.5. The van der Waals surface area contributed by atoms with Gasteiger partial charge in [0, 0.05) is 44.9 Å². The smallest absolute Gasteiger partial charge is 0.167 e. The molecule has 1 aliphatic heterocycles. The lowest BCUT2D eigenvalue weighted by molar-refractivity contribution is 0.231. The summed E-state index contributed by atoms with van der Waals surface area (Å²) in [6.07, 6.45) is 0. The van der Waals surface area contributed by atoms with Gasteiger partial charge < -0.3 is 15.4 Å². The van der Waals surface area contributed by atoms with E-state index in [9.17, 15) is 4.39 Å². The summed E-state index contributed by atoms with van der Waals surface area (Å²) < 4.78 is 19.1. The molecule has 21 heavy (non-hydrogen) atoms. The molecule has 1 saturated heterocycles. The molecule has 0 radical (unpaired) electrons. The molecule has 0 aliphatic carbocycles. The SMILES string of the molecule is CCOc1cc(N2CCN(CC(C)C)CC2)c(N)cc1F. The van der Waals surface area contributed by atoms with Crippen molar-refractivity contribution in [1.82, 2.24) is 4.90 Å². The van der Waals surface area contributed by atoms with Crippen LogP contribution in [-0.4, -0.2) is 44.2 Å². The van der Waals surface area contributed by atoms with Crippen LogP contribution in [0.3, 0.4) is 0 Å². The summed E-state index contributed by atoms with van der Waals surface area (Å²) in [4.78, 5) is 4.68. The minimum absolute atomic E-state index is 0.284. The first-order valence-electron chi connectivity index (χ1n) is 7.70. The van der Waals surface area contributed by atoms with E-state index >= 15 is 0 Å². The second-order valence-electron chi connectivity index (χ2n) is 5.96. The highest BCUT2D eigenvalue weighted by Crippen LogP contribution is 2.31. The van der Waals surface area contributed by atoms with E-state index in [-0.39, 0.29) is 5.75 Å². The van der Waals surface area contributed by atoms with Crippen molar-refractivity contribution < 1.29 is 9.13 Å². The van der Waals surface area contributed by atoms with Crippen LogP contribution in [0.4, 0.5) is 15.8 Å². The molecule has 1 aromatic rings. The molecular weight excluding hydrogens is 269 g/mol. The van der Waals surface area contributed by atoms with E-state index in [4.69, 9.17) is 10.5 Å². The number of anilines is 2. The summed E-state index contributed by atoms with van der Waals surface area (Å²) in [5, 5.41) is 0.